The summed E-state index contributed by atoms with van der Waals surface area (Å²) in [7, 11) is 0. The summed E-state index contributed by atoms with van der Waals surface area (Å²) in [5, 5.41) is 4.96. The van der Waals surface area contributed by atoms with Gasteiger partial charge in [0.15, 0.2) is 0 Å². The highest BCUT2D eigenvalue weighted by Gasteiger charge is 2.22. The molecule has 3 N–H and O–H groups in total. The fraction of sp³-hybridized carbons (Fsp3) is 0.938. The number of nitrogens with one attached hydrogen (secondary N) is 1. The smallest absolute Gasteiger partial charge is 0.217 e. The van der Waals surface area contributed by atoms with E-state index in [1.807, 2.05) is 18.9 Å². The molecule has 0 atom stereocenters. The molecule has 2 rings (SSSR count). The van der Waals surface area contributed by atoms with Gasteiger partial charge in [-0.1, -0.05) is 13.8 Å². The van der Waals surface area contributed by atoms with Crippen LogP contribution < -0.4 is 11.2 Å². The van der Waals surface area contributed by atoms with Crippen LogP contribution in [0.1, 0.15) is 52.9 Å². The van der Waals surface area contributed by atoms with Gasteiger partial charge >= 0.3 is 0 Å². The number of hydrogen-bond acceptors (Lipinski definition) is 4. The van der Waals surface area contributed by atoms with Gasteiger partial charge in [0, 0.05) is 39.1 Å². The number of carbonyl (C=O) groups excluding carboxylic acids is 1. The first kappa shape index (κ1) is 18.4. The van der Waals surface area contributed by atoms with Gasteiger partial charge in [0.1, 0.15) is 0 Å². The maximum absolute atomic E-state index is 11.0. The number of nitrogens with two attached hydrogens (primary N) is 1. The van der Waals surface area contributed by atoms with Crippen LogP contribution in [0, 0.1) is 5.92 Å². The molecule has 2 fully saturated rings. The van der Waals surface area contributed by atoms with E-state index in [2.05, 4.69) is 10.2 Å². The fourth-order valence-electron chi connectivity index (χ4n) is 3.24. The predicted molar refractivity (Wildman–Crippen MR) is 87.7 cm³/mol. The first-order chi connectivity index (χ1) is 10.1. The lowest BCUT2D eigenvalue weighted by atomic mass is 9.84. The number of hydrazine groups is 1. The molecule has 0 aromatic rings. The third-order valence-electron chi connectivity index (χ3n) is 4.51. The van der Waals surface area contributed by atoms with Crippen molar-refractivity contribution in [2.75, 3.05) is 32.7 Å². The topological polar surface area (TPSA) is 61.6 Å². The van der Waals surface area contributed by atoms with Gasteiger partial charge in [0.2, 0.25) is 5.91 Å². The number of nitrogens with zero attached hydrogens (tertiary/aromatic N) is 2. The minimum Gasteiger partial charge on any atom is -0.354 e. The van der Waals surface area contributed by atoms with Crippen LogP contribution in [0.3, 0.4) is 0 Å². The maximum atomic E-state index is 11.0. The molecule has 5 nitrogen and oxygen atoms in total. The summed E-state index contributed by atoms with van der Waals surface area (Å²) in [6.45, 7) is 11.0. The van der Waals surface area contributed by atoms with Gasteiger partial charge in [-0.25, -0.2) is 5.01 Å². The maximum Gasteiger partial charge on any atom is 0.217 e. The zero-order valence-electron chi connectivity index (χ0n) is 14.1. The van der Waals surface area contributed by atoms with Crippen molar-refractivity contribution in [2.45, 2.75) is 58.9 Å². The predicted octanol–water partition coefficient (Wildman–Crippen LogP) is 1.59. The van der Waals surface area contributed by atoms with Crippen LogP contribution in [0.4, 0.5) is 0 Å². The van der Waals surface area contributed by atoms with Crippen molar-refractivity contribution in [3.05, 3.63) is 0 Å². The summed E-state index contributed by atoms with van der Waals surface area (Å²) >= 11 is 0. The zero-order valence-corrected chi connectivity index (χ0v) is 14.1. The summed E-state index contributed by atoms with van der Waals surface area (Å²) < 4.78 is 0. The first-order valence-corrected chi connectivity index (χ1v) is 8.62. The van der Waals surface area contributed by atoms with Crippen LogP contribution in [-0.4, -0.2) is 54.6 Å². The number of hydrogen-bond donors (Lipinski definition) is 2. The van der Waals surface area contributed by atoms with E-state index in [1.165, 1.54) is 25.8 Å². The van der Waals surface area contributed by atoms with Crippen molar-refractivity contribution in [1.29, 1.82) is 0 Å². The highest BCUT2D eigenvalue weighted by Crippen LogP contribution is 2.27. The monoisotopic (exact) mass is 298 g/mol. The molecule has 2 aliphatic rings. The van der Waals surface area contributed by atoms with E-state index in [4.69, 9.17) is 5.84 Å². The molecular formula is C16H34N4O. The molecule has 0 radical (unpaired) electrons. The van der Waals surface area contributed by atoms with Crippen molar-refractivity contribution in [3.8, 4) is 0 Å². The molecule has 1 aliphatic carbocycles. The van der Waals surface area contributed by atoms with E-state index in [-0.39, 0.29) is 5.91 Å². The molecule has 0 aromatic carbocycles. The Labute approximate surface area is 130 Å². The van der Waals surface area contributed by atoms with Gasteiger partial charge in [0.25, 0.3) is 0 Å². The number of carbonyl (C=O) groups is 1. The van der Waals surface area contributed by atoms with Crippen molar-refractivity contribution in [1.82, 2.24) is 15.2 Å². The average Bonchev–Trinajstić information content (AvgIpc) is 2.50. The molecule has 21 heavy (non-hydrogen) atoms. The Morgan fingerprint density at radius 2 is 1.67 bits per heavy atom. The summed E-state index contributed by atoms with van der Waals surface area (Å²) in [5.74, 6) is 6.73. The van der Waals surface area contributed by atoms with E-state index >= 15 is 0 Å². The summed E-state index contributed by atoms with van der Waals surface area (Å²) in [5.41, 5.74) is 0. The Morgan fingerprint density at radius 3 is 2.19 bits per heavy atom. The van der Waals surface area contributed by atoms with Gasteiger partial charge in [-0.05, 0) is 44.6 Å². The number of piperazine rings is 1. The van der Waals surface area contributed by atoms with Crippen LogP contribution >= 0.6 is 0 Å². The molecule has 1 heterocycles. The van der Waals surface area contributed by atoms with Crippen molar-refractivity contribution < 1.29 is 4.79 Å². The Kier molecular flexibility index (Phi) is 8.88. The lowest BCUT2D eigenvalue weighted by Crippen LogP contribution is -2.49. The second kappa shape index (κ2) is 10.1. The Bertz CT molecular complexity index is 282. The lowest BCUT2D eigenvalue weighted by Gasteiger charge is -2.34. The van der Waals surface area contributed by atoms with Crippen molar-refractivity contribution in [3.63, 3.8) is 0 Å². The molecular weight excluding hydrogens is 264 g/mol. The van der Waals surface area contributed by atoms with E-state index in [0.29, 0.717) is 6.04 Å². The Morgan fingerprint density at radius 1 is 1.10 bits per heavy atom. The van der Waals surface area contributed by atoms with Gasteiger partial charge in [-0.2, -0.15) is 0 Å². The van der Waals surface area contributed by atoms with Gasteiger partial charge in [0.05, 0.1) is 0 Å². The highest BCUT2D eigenvalue weighted by atomic mass is 16.1. The van der Waals surface area contributed by atoms with Crippen molar-refractivity contribution in [2.24, 2.45) is 11.8 Å². The number of amides is 1. The minimum absolute atomic E-state index is 0.114. The van der Waals surface area contributed by atoms with E-state index < -0.39 is 0 Å². The van der Waals surface area contributed by atoms with Crippen LogP contribution in [0.2, 0.25) is 0 Å². The quantitative estimate of drug-likeness (QED) is 0.774. The summed E-state index contributed by atoms with van der Waals surface area (Å²) in [6.07, 6.45) is 6.14. The van der Waals surface area contributed by atoms with Crippen molar-refractivity contribution >= 4 is 5.91 Å². The van der Waals surface area contributed by atoms with Crippen LogP contribution in [-0.2, 0) is 4.79 Å². The van der Waals surface area contributed by atoms with Gasteiger partial charge < -0.3 is 10.2 Å². The average molecular weight is 298 g/mol. The lowest BCUT2D eigenvalue weighted by molar-refractivity contribution is -0.119. The molecule has 0 bridgehead atoms. The van der Waals surface area contributed by atoms with Crippen LogP contribution in [0.15, 0.2) is 0 Å². The number of rotatable bonds is 4. The minimum atomic E-state index is 0.114. The first-order valence-electron chi connectivity index (χ1n) is 8.62. The largest absolute Gasteiger partial charge is 0.354 e. The molecule has 1 saturated heterocycles. The fourth-order valence-corrected chi connectivity index (χ4v) is 3.24. The third-order valence-corrected chi connectivity index (χ3v) is 4.51. The molecule has 0 spiro atoms. The Balaban J connectivity index is 0.00000106. The molecule has 1 saturated carbocycles. The van der Waals surface area contributed by atoms with E-state index in [0.717, 1.165) is 44.9 Å². The molecule has 5 heteroatoms. The second-order valence-electron chi connectivity index (χ2n) is 6.08. The molecule has 0 aromatic heterocycles. The molecule has 124 valence electrons. The van der Waals surface area contributed by atoms with Crippen LogP contribution in [0.5, 0.6) is 0 Å². The second-order valence-corrected chi connectivity index (χ2v) is 6.08. The summed E-state index contributed by atoms with van der Waals surface area (Å²) in [4.78, 5) is 13.6. The molecule has 1 aliphatic heterocycles. The van der Waals surface area contributed by atoms with Crippen LogP contribution in [0.25, 0.3) is 0 Å². The van der Waals surface area contributed by atoms with Gasteiger partial charge in [-0.15, -0.1) is 0 Å². The van der Waals surface area contributed by atoms with E-state index in [9.17, 15) is 4.79 Å². The normalized spacial score (nSPS) is 27.6. The third kappa shape index (κ3) is 7.25. The molecule has 1 amide bonds. The van der Waals surface area contributed by atoms with E-state index in [1.54, 1.807) is 6.92 Å². The molecule has 0 unspecified atom stereocenters. The Hall–Kier alpha value is -0.650. The van der Waals surface area contributed by atoms with Gasteiger partial charge in [-0.3, -0.25) is 10.6 Å². The highest BCUT2D eigenvalue weighted by molar-refractivity contribution is 5.73. The standard InChI is InChI=1S/C14H28N4O.C2H6/c1-12(19)16-14-4-2-13(3-5-14)6-7-17-8-10-18(15)11-9-17;1-2/h13-14H,2-11,15H2,1H3,(H,16,19);1-2H3. The summed E-state index contributed by atoms with van der Waals surface area (Å²) in [6, 6.07) is 0.425. The SMILES string of the molecule is CC.CC(=O)NC1CCC(CCN2CCN(N)CC2)CC1. The zero-order chi connectivity index (χ0) is 15.7.